The van der Waals surface area contributed by atoms with Gasteiger partial charge in [-0.05, 0) is 30.4 Å². The minimum atomic E-state index is 0.00178. The van der Waals surface area contributed by atoms with E-state index in [1.54, 1.807) is 36.3 Å². The van der Waals surface area contributed by atoms with Crippen molar-refractivity contribution < 1.29 is 9.59 Å². The van der Waals surface area contributed by atoms with E-state index in [1.165, 1.54) is 0 Å². The maximum Gasteiger partial charge on any atom is 0.319 e. The molecule has 22 heavy (non-hydrogen) atoms. The lowest BCUT2D eigenvalue weighted by molar-refractivity contribution is 0.0790. The predicted octanol–water partition coefficient (Wildman–Crippen LogP) is 1.36. The van der Waals surface area contributed by atoms with Gasteiger partial charge in [0, 0.05) is 52.7 Å². The summed E-state index contributed by atoms with van der Waals surface area (Å²) in [6.45, 7) is 2.86. The summed E-state index contributed by atoms with van der Waals surface area (Å²) in [5, 5.41) is 0. The van der Waals surface area contributed by atoms with E-state index >= 15 is 0 Å². The third-order valence-electron chi connectivity index (χ3n) is 4.42. The van der Waals surface area contributed by atoms with Crippen molar-refractivity contribution >= 4 is 11.9 Å². The predicted molar refractivity (Wildman–Crippen MR) is 82.6 cm³/mol. The number of likely N-dealkylation sites (tertiary alicyclic amines) is 1. The molecule has 0 aromatic carbocycles. The number of carbonyl (C=O) groups excluding carboxylic acids is 2. The number of fused-ring (bicyclic) bond motifs is 1. The minimum absolute atomic E-state index is 0.00178. The van der Waals surface area contributed by atoms with Gasteiger partial charge in [0.25, 0.3) is 5.91 Å². The largest absolute Gasteiger partial charge is 0.339 e. The minimum Gasteiger partial charge on any atom is -0.339 e. The molecule has 0 radical (unpaired) electrons. The van der Waals surface area contributed by atoms with Crippen LogP contribution in [-0.4, -0.2) is 65.4 Å². The quantitative estimate of drug-likeness (QED) is 0.787. The second-order valence-corrected chi connectivity index (χ2v) is 6.17. The zero-order valence-electron chi connectivity index (χ0n) is 13.2. The molecular weight excluding hydrogens is 280 g/mol. The lowest BCUT2D eigenvalue weighted by Gasteiger charge is -2.32. The van der Waals surface area contributed by atoms with E-state index in [0.29, 0.717) is 19.5 Å². The van der Waals surface area contributed by atoms with Crippen LogP contribution < -0.4 is 0 Å². The molecule has 6 nitrogen and oxygen atoms in total. The molecule has 6 heteroatoms. The van der Waals surface area contributed by atoms with Crippen LogP contribution >= 0.6 is 0 Å². The molecule has 0 saturated carbocycles. The number of urea groups is 1. The van der Waals surface area contributed by atoms with Gasteiger partial charge in [-0.25, -0.2) is 4.79 Å². The summed E-state index contributed by atoms with van der Waals surface area (Å²) in [6, 6.07) is 0.00178. The number of pyridine rings is 1. The van der Waals surface area contributed by atoms with Crippen molar-refractivity contribution in [1.82, 2.24) is 19.7 Å². The van der Waals surface area contributed by atoms with Crippen LogP contribution in [0.5, 0.6) is 0 Å². The van der Waals surface area contributed by atoms with Gasteiger partial charge in [0.1, 0.15) is 0 Å². The summed E-state index contributed by atoms with van der Waals surface area (Å²) in [4.78, 5) is 34.3. The third kappa shape index (κ3) is 2.65. The lowest BCUT2D eigenvalue weighted by Crippen LogP contribution is -2.42. The molecule has 0 bridgehead atoms. The van der Waals surface area contributed by atoms with E-state index in [-0.39, 0.29) is 11.9 Å². The Morgan fingerprint density at radius 2 is 1.82 bits per heavy atom. The Kier molecular flexibility index (Phi) is 4.00. The highest BCUT2D eigenvalue weighted by atomic mass is 16.2. The molecule has 1 aromatic rings. The van der Waals surface area contributed by atoms with Crippen molar-refractivity contribution in [3.05, 3.63) is 29.1 Å². The Labute approximate surface area is 130 Å². The van der Waals surface area contributed by atoms with E-state index in [1.807, 2.05) is 4.90 Å². The van der Waals surface area contributed by atoms with Crippen molar-refractivity contribution in [3.63, 3.8) is 0 Å². The van der Waals surface area contributed by atoms with Gasteiger partial charge in [-0.1, -0.05) is 0 Å². The van der Waals surface area contributed by atoms with Gasteiger partial charge in [-0.15, -0.1) is 0 Å². The SMILES string of the molecule is CN(C)C(=O)N1CCc2c(cncc2C(=O)N2CCCC2)C1. The molecule has 0 aliphatic carbocycles. The van der Waals surface area contributed by atoms with Crippen LogP contribution in [0, 0.1) is 0 Å². The van der Waals surface area contributed by atoms with E-state index in [2.05, 4.69) is 4.98 Å². The summed E-state index contributed by atoms with van der Waals surface area (Å²) in [7, 11) is 3.51. The zero-order chi connectivity index (χ0) is 15.7. The molecule has 0 spiro atoms. The molecule has 0 unspecified atom stereocenters. The maximum absolute atomic E-state index is 12.6. The van der Waals surface area contributed by atoms with Crippen LogP contribution in [0.3, 0.4) is 0 Å². The van der Waals surface area contributed by atoms with E-state index in [0.717, 1.165) is 42.6 Å². The Balaban J connectivity index is 1.84. The Morgan fingerprint density at radius 3 is 2.50 bits per heavy atom. The Morgan fingerprint density at radius 1 is 1.09 bits per heavy atom. The number of hydrogen-bond acceptors (Lipinski definition) is 3. The molecule has 3 rings (SSSR count). The van der Waals surface area contributed by atoms with Crippen LogP contribution in [0.15, 0.2) is 12.4 Å². The summed E-state index contributed by atoms with van der Waals surface area (Å²) in [6.07, 6.45) is 6.35. The first-order valence-corrected chi connectivity index (χ1v) is 7.79. The standard InChI is InChI=1S/C16H22N4O2/c1-18(2)16(22)20-8-5-13-12(11-20)9-17-10-14(13)15(21)19-6-3-4-7-19/h9-10H,3-8,11H2,1-2H3. The maximum atomic E-state index is 12.6. The summed E-state index contributed by atoms with van der Waals surface area (Å²) < 4.78 is 0. The molecule has 118 valence electrons. The summed E-state index contributed by atoms with van der Waals surface area (Å²) >= 11 is 0. The topological polar surface area (TPSA) is 56.8 Å². The second kappa shape index (κ2) is 5.94. The molecule has 0 atom stereocenters. The molecule has 3 amide bonds. The smallest absolute Gasteiger partial charge is 0.319 e. The van der Waals surface area contributed by atoms with E-state index < -0.39 is 0 Å². The number of nitrogens with zero attached hydrogens (tertiary/aromatic N) is 4. The van der Waals surface area contributed by atoms with Gasteiger partial charge in [-0.2, -0.15) is 0 Å². The van der Waals surface area contributed by atoms with Crippen LogP contribution in [-0.2, 0) is 13.0 Å². The first-order valence-electron chi connectivity index (χ1n) is 7.79. The molecule has 1 saturated heterocycles. The Bertz CT molecular complexity index is 594. The molecule has 2 aliphatic heterocycles. The number of carbonyl (C=O) groups is 2. The van der Waals surface area contributed by atoms with Crippen molar-refractivity contribution in [3.8, 4) is 0 Å². The van der Waals surface area contributed by atoms with Gasteiger partial charge in [0.2, 0.25) is 0 Å². The highest BCUT2D eigenvalue weighted by molar-refractivity contribution is 5.96. The van der Waals surface area contributed by atoms with Crippen LogP contribution in [0.2, 0.25) is 0 Å². The molecule has 2 aliphatic rings. The number of aromatic nitrogens is 1. The van der Waals surface area contributed by atoms with Crippen molar-refractivity contribution in [2.75, 3.05) is 33.7 Å². The molecule has 3 heterocycles. The molecular formula is C16H22N4O2. The molecule has 1 aromatic heterocycles. The van der Waals surface area contributed by atoms with Gasteiger partial charge in [-0.3, -0.25) is 9.78 Å². The van der Waals surface area contributed by atoms with Crippen LogP contribution in [0.1, 0.15) is 34.3 Å². The number of amides is 3. The van der Waals surface area contributed by atoms with E-state index in [9.17, 15) is 9.59 Å². The fourth-order valence-electron chi connectivity index (χ4n) is 3.21. The normalized spacial score (nSPS) is 17.4. The van der Waals surface area contributed by atoms with Crippen LogP contribution in [0.25, 0.3) is 0 Å². The van der Waals surface area contributed by atoms with Crippen molar-refractivity contribution in [1.29, 1.82) is 0 Å². The number of hydrogen-bond donors (Lipinski definition) is 0. The molecule has 1 fully saturated rings. The average molecular weight is 302 g/mol. The van der Waals surface area contributed by atoms with E-state index in [4.69, 9.17) is 0 Å². The monoisotopic (exact) mass is 302 g/mol. The van der Waals surface area contributed by atoms with Gasteiger partial charge < -0.3 is 14.7 Å². The summed E-state index contributed by atoms with van der Waals surface area (Å²) in [5.41, 5.74) is 2.78. The number of rotatable bonds is 1. The first kappa shape index (κ1) is 14.8. The second-order valence-electron chi connectivity index (χ2n) is 6.17. The van der Waals surface area contributed by atoms with Gasteiger partial charge >= 0.3 is 6.03 Å². The third-order valence-corrected chi connectivity index (χ3v) is 4.42. The summed E-state index contributed by atoms with van der Waals surface area (Å²) in [5.74, 6) is 0.0919. The van der Waals surface area contributed by atoms with Gasteiger partial charge in [0.15, 0.2) is 0 Å². The van der Waals surface area contributed by atoms with Gasteiger partial charge in [0.05, 0.1) is 5.56 Å². The molecule has 0 N–H and O–H groups in total. The highest BCUT2D eigenvalue weighted by Crippen LogP contribution is 2.24. The highest BCUT2D eigenvalue weighted by Gasteiger charge is 2.28. The average Bonchev–Trinajstić information content (AvgIpc) is 3.06. The Hall–Kier alpha value is -2.11. The fourth-order valence-corrected chi connectivity index (χ4v) is 3.21. The van der Waals surface area contributed by atoms with Crippen LogP contribution in [0.4, 0.5) is 4.79 Å². The van der Waals surface area contributed by atoms with Crippen molar-refractivity contribution in [2.24, 2.45) is 0 Å². The fraction of sp³-hybridized carbons (Fsp3) is 0.562. The zero-order valence-corrected chi connectivity index (χ0v) is 13.2. The lowest BCUT2D eigenvalue weighted by atomic mass is 9.96. The van der Waals surface area contributed by atoms with Crippen molar-refractivity contribution in [2.45, 2.75) is 25.8 Å². The first-order chi connectivity index (χ1) is 10.6.